The summed E-state index contributed by atoms with van der Waals surface area (Å²) in [5.41, 5.74) is 5.34. The molecule has 1 atom stereocenters. The number of carbonyl (C=O) groups is 1. The lowest BCUT2D eigenvalue weighted by molar-refractivity contribution is -0.137. The van der Waals surface area contributed by atoms with Gasteiger partial charge in [-0.1, -0.05) is 27.2 Å². The molecule has 90 valence electrons. The second kappa shape index (κ2) is 6.11. The fourth-order valence-corrected chi connectivity index (χ4v) is 1.78. The number of nitrogens with two attached hydrogens (primary N) is 1. The van der Waals surface area contributed by atoms with Crippen molar-refractivity contribution in [1.82, 2.24) is 4.90 Å². The van der Waals surface area contributed by atoms with Crippen LogP contribution in [0.3, 0.4) is 0 Å². The van der Waals surface area contributed by atoms with E-state index in [4.69, 9.17) is 5.73 Å². The SMILES string of the molecule is CCCC(C)(N)C(=O)N(CC)CC(C)C. The summed E-state index contributed by atoms with van der Waals surface area (Å²) in [5, 5.41) is 0. The highest BCUT2D eigenvalue weighted by molar-refractivity contribution is 5.85. The third kappa shape index (κ3) is 4.65. The second-order valence-corrected chi connectivity index (χ2v) is 4.91. The Hall–Kier alpha value is -0.570. The van der Waals surface area contributed by atoms with E-state index in [1.54, 1.807) is 0 Å². The summed E-state index contributed by atoms with van der Waals surface area (Å²) in [7, 11) is 0. The van der Waals surface area contributed by atoms with E-state index in [0.29, 0.717) is 5.92 Å². The minimum Gasteiger partial charge on any atom is -0.341 e. The Morgan fingerprint density at radius 2 is 1.93 bits per heavy atom. The molecule has 0 heterocycles. The Labute approximate surface area is 94.0 Å². The van der Waals surface area contributed by atoms with Crippen molar-refractivity contribution in [2.24, 2.45) is 11.7 Å². The maximum Gasteiger partial charge on any atom is 0.242 e. The molecule has 0 fully saturated rings. The van der Waals surface area contributed by atoms with Crippen LogP contribution in [0.2, 0.25) is 0 Å². The lowest BCUT2D eigenvalue weighted by Crippen LogP contribution is -2.53. The maximum atomic E-state index is 12.1. The van der Waals surface area contributed by atoms with Gasteiger partial charge in [-0.25, -0.2) is 0 Å². The van der Waals surface area contributed by atoms with E-state index in [1.807, 2.05) is 18.7 Å². The number of rotatable bonds is 6. The summed E-state index contributed by atoms with van der Waals surface area (Å²) in [4.78, 5) is 14.0. The molecule has 0 spiro atoms. The lowest BCUT2D eigenvalue weighted by atomic mass is 9.95. The molecule has 0 saturated carbocycles. The summed E-state index contributed by atoms with van der Waals surface area (Å²) in [6.07, 6.45) is 1.69. The van der Waals surface area contributed by atoms with Crippen LogP contribution in [-0.2, 0) is 4.79 Å². The second-order valence-electron chi connectivity index (χ2n) is 4.91. The molecule has 0 bridgehead atoms. The Morgan fingerprint density at radius 1 is 1.40 bits per heavy atom. The van der Waals surface area contributed by atoms with Crippen LogP contribution in [-0.4, -0.2) is 29.4 Å². The van der Waals surface area contributed by atoms with Gasteiger partial charge in [0.2, 0.25) is 5.91 Å². The van der Waals surface area contributed by atoms with E-state index in [2.05, 4.69) is 20.8 Å². The van der Waals surface area contributed by atoms with E-state index in [-0.39, 0.29) is 5.91 Å². The van der Waals surface area contributed by atoms with Gasteiger partial charge < -0.3 is 10.6 Å². The summed E-state index contributed by atoms with van der Waals surface area (Å²) in [6.45, 7) is 11.7. The molecule has 3 heteroatoms. The molecule has 2 N–H and O–H groups in total. The van der Waals surface area contributed by atoms with Crippen LogP contribution < -0.4 is 5.73 Å². The number of carbonyl (C=O) groups excluding carboxylic acids is 1. The van der Waals surface area contributed by atoms with Crippen molar-refractivity contribution in [1.29, 1.82) is 0 Å². The topological polar surface area (TPSA) is 46.3 Å². The monoisotopic (exact) mass is 214 g/mol. The molecule has 0 aliphatic heterocycles. The van der Waals surface area contributed by atoms with Crippen molar-refractivity contribution in [2.75, 3.05) is 13.1 Å². The molecule has 15 heavy (non-hydrogen) atoms. The number of hydrogen-bond acceptors (Lipinski definition) is 2. The van der Waals surface area contributed by atoms with Gasteiger partial charge in [0.25, 0.3) is 0 Å². The molecule has 0 radical (unpaired) electrons. The smallest absolute Gasteiger partial charge is 0.242 e. The normalized spacial score (nSPS) is 15.1. The summed E-state index contributed by atoms with van der Waals surface area (Å²) in [5.74, 6) is 0.576. The molecule has 0 aromatic carbocycles. The molecule has 0 aromatic rings. The largest absolute Gasteiger partial charge is 0.341 e. The van der Waals surface area contributed by atoms with Crippen LogP contribution in [0.4, 0.5) is 0 Å². The Kier molecular flexibility index (Phi) is 5.88. The molecular formula is C12H26N2O. The fraction of sp³-hybridized carbons (Fsp3) is 0.917. The van der Waals surface area contributed by atoms with Gasteiger partial charge in [-0.3, -0.25) is 4.79 Å². The van der Waals surface area contributed by atoms with Crippen LogP contribution in [0.1, 0.15) is 47.5 Å². The molecule has 3 nitrogen and oxygen atoms in total. The maximum absolute atomic E-state index is 12.1. The van der Waals surface area contributed by atoms with Crippen LogP contribution in [0.5, 0.6) is 0 Å². The predicted octanol–water partition coefficient (Wildman–Crippen LogP) is 2.01. The summed E-state index contributed by atoms with van der Waals surface area (Å²) in [6, 6.07) is 0. The van der Waals surface area contributed by atoms with Gasteiger partial charge in [-0.15, -0.1) is 0 Å². The highest BCUT2D eigenvalue weighted by atomic mass is 16.2. The molecule has 0 aliphatic carbocycles. The Bertz CT molecular complexity index is 200. The minimum atomic E-state index is -0.695. The Morgan fingerprint density at radius 3 is 2.27 bits per heavy atom. The first kappa shape index (κ1) is 14.4. The summed E-state index contributed by atoms with van der Waals surface area (Å²) < 4.78 is 0. The first-order chi connectivity index (χ1) is 6.85. The fourth-order valence-electron chi connectivity index (χ4n) is 1.78. The minimum absolute atomic E-state index is 0.0838. The third-order valence-corrected chi connectivity index (χ3v) is 2.51. The van der Waals surface area contributed by atoms with E-state index in [0.717, 1.165) is 25.9 Å². The van der Waals surface area contributed by atoms with E-state index in [1.165, 1.54) is 0 Å². The molecule has 0 aliphatic rings. The van der Waals surface area contributed by atoms with E-state index in [9.17, 15) is 4.79 Å². The number of amides is 1. The summed E-state index contributed by atoms with van der Waals surface area (Å²) >= 11 is 0. The van der Waals surface area contributed by atoms with Crippen molar-refractivity contribution >= 4 is 5.91 Å². The van der Waals surface area contributed by atoms with Gasteiger partial charge in [-0.2, -0.15) is 0 Å². The number of hydrogen-bond donors (Lipinski definition) is 1. The van der Waals surface area contributed by atoms with Crippen molar-refractivity contribution in [3.63, 3.8) is 0 Å². The van der Waals surface area contributed by atoms with Crippen molar-refractivity contribution in [2.45, 2.75) is 53.0 Å². The standard InChI is InChI=1S/C12H26N2O/c1-6-8-12(5,13)11(15)14(7-2)9-10(3)4/h10H,6-9,13H2,1-5H3. The third-order valence-electron chi connectivity index (χ3n) is 2.51. The van der Waals surface area contributed by atoms with Crippen LogP contribution in [0.15, 0.2) is 0 Å². The average Bonchev–Trinajstić information content (AvgIpc) is 2.12. The van der Waals surface area contributed by atoms with E-state index < -0.39 is 5.54 Å². The molecule has 1 unspecified atom stereocenters. The van der Waals surface area contributed by atoms with Gasteiger partial charge in [-0.05, 0) is 26.2 Å². The van der Waals surface area contributed by atoms with Crippen molar-refractivity contribution in [3.8, 4) is 0 Å². The van der Waals surface area contributed by atoms with Crippen LogP contribution in [0.25, 0.3) is 0 Å². The Balaban J connectivity index is 4.49. The number of likely N-dealkylation sites (N-methyl/N-ethyl adjacent to an activating group) is 1. The van der Waals surface area contributed by atoms with Gasteiger partial charge in [0.1, 0.15) is 0 Å². The van der Waals surface area contributed by atoms with Crippen molar-refractivity contribution < 1.29 is 4.79 Å². The molecule has 0 saturated heterocycles. The predicted molar refractivity (Wildman–Crippen MR) is 64.6 cm³/mol. The highest BCUT2D eigenvalue weighted by Gasteiger charge is 2.31. The first-order valence-electron chi connectivity index (χ1n) is 5.93. The molecule has 0 rings (SSSR count). The average molecular weight is 214 g/mol. The zero-order valence-electron chi connectivity index (χ0n) is 10.8. The quantitative estimate of drug-likeness (QED) is 0.735. The van der Waals surface area contributed by atoms with Crippen molar-refractivity contribution in [3.05, 3.63) is 0 Å². The van der Waals surface area contributed by atoms with Gasteiger partial charge >= 0.3 is 0 Å². The number of nitrogens with zero attached hydrogens (tertiary/aromatic N) is 1. The van der Waals surface area contributed by atoms with Crippen LogP contribution in [0, 0.1) is 5.92 Å². The van der Waals surface area contributed by atoms with E-state index >= 15 is 0 Å². The van der Waals surface area contributed by atoms with Gasteiger partial charge in [0.05, 0.1) is 5.54 Å². The van der Waals surface area contributed by atoms with Gasteiger partial charge in [0.15, 0.2) is 0 Å². The zero-order valence-corrected chi connectivity index (χ0v) is 10.8. The highest BCUT2D eigenvalue weighted by Crippen LogP contribution is 2.13. The molecule has 1 amide bonds. The van der Waals surface area contributed by atoms with Crippen LogP contribution >= 0.6 is 0 Å². The zero-order chi connectivity index (χ0) is 12.1. The van der Waals surface area contributed by atoms with Gasteiger partial charge in [0, 0.05) is 13.1 Å². The molecular weight excluding hydrogens is 188 g/mol. The lowest BCUT2D eigenvalue weighted by Gasteiger charge is -2.32. The molecule has 0 aromatic heterocycles. The first-order valence-corrected chi connectivity index (χ1v) is 5.93.